The molecule has 0 heterocycles. The average molecular weight is 347 g/mol. The van der Waals surface area contributed by atoms with E-state index in [1.807, 2.05) is 0 Å². The predicted octanol–water partition coefficient (Wildman–Crippen LogP) is 3.55. The van der Waals surface area contributed by atoms with Gasteiger partial charge < -0.3 is 9.47 Å². The Hall–Kier alpha value is -2.66. The fraction of sp³-hybridized carbons (Fsp3) is 0.167. The molecule has 5 nitrogen and oxygen atoms in total. The third-order valence-electron chi connectivity index (χ3n) is 3.33. The molecule has 0 saturated heterocycles. The van der Waals surface area contributed by atoms with Gasteiger partial charge in [-0.2, -0.15) is 0 Å². The van der Waals surface area contributed by atoms with Crippen molar-refractivity contribution in [2.75, 3.05) is 7.11 Å². The summed E-state index contributed by atoms with van der Waals surface area (Å²) in [6.07, 6.45) is -1.01. The summed E-state index contributed by atoms with van der Waals surface area (Å²) in [5, 5.41) is 0.503. The van der Waals surface area contributed by atoms with Crippen LogP contribution in [0.3, 0.4) is 0 Å². The highest BCUT2D eigenvalue weighted by Gasteiger charge is 2.23. The van der Waals surface area contributed by atoms with Crippen LogP contribution in [0, 0.1) is 0 Å². The van der Waals surface area contributed by atoms with Crippen LogP contribution in [0.25, 0.3) is 0 Å². The Kier molecular flexibility index (Phi) is 5.71. The number of benzene rings is 2. The molecule has 0 fully saturated rings. The lowest BCUT2D eigenvalue weighted by molar-refractivity contribution is 0.0313. The first-order valence-corrected chi connectivity index (χ1v) is 7.50. The summed E-state index contributed by atoms with van der Waals surface area (Å²) < 4.78 is 9.82. The summed E-state index contributed by atoms with van der Waals surface area (Å²) >= 11 is 5.78. The highest BCUT2D eigenvalue weighted by Crippen LogP contribution is 2.16. The van der Waals surface area contributed by atoms with Crippen LogP contribution in [-0.2, 0) is 9.47 Å². The van der Waals surface area contributed by atoms with Crippen LogP contribution in [0.4, 0.5) is 0 Å². The smallest absolute Gasteiger partial charge is 0.339 e. The normalized spacial score (nSPS) is 11.5. The van der Waals surface area contributed by atoms with E-state index in [-0.39, 0.29) is 16.9 Å². The molecule has 124 valence electrons. The van der Waals surface area contributed by atoms with Gasteiger partial charge in [-0.3, -0.25) is 4.79 Å². The Labute approximate surface area is 144 Å². The lowest BCUT2D eigenvalue weighted by Gasteiger charge is -2.13. The lowest BCUT2D eigenvalue weighted by atomic mass is 10.1. The van der Waals surface area contributed by atoms with Gasteiger partial charge in [-0.25, -0.2) is 9.59 Å². The number of rotatable bonds is 5. The second-order valence-electron chi connectivity index (χ2n) is 4.96. The number of Topliss-reactive ketones (excluding diaryl/α,β-unsaturated/α-hetero) is 1. The quantitative estimate of drug-likeness (QED) is 0.611. The highest BCUT2D eigenvalue weighted by molar-refractivity contribution is 6.30. The lowest BCUT2D eigenvalue weighted by Crippen LogP contribution is -2.25. The zero-order chi connectivity index (χ0) is 17.7. The molecular formula is C18H15ClO5. The zero-order valence-electron chi connectivity index (χ0n) is 13.1. The fourth-order valence-electron chi connectivity index (χ4n) is 2.08. The van der Waals surface area contributed by atoms with E-state index in [1.165, 1.54) is 26.2 Å². The topological polar surface area (TPSA) is 69.7 Å². The molecule has 2 aromatic rings. The van der Waals surface area contributed by atoms with E-state index in [9.17, 15) is 14.4 Å². The molecule has 1 unspecified atom stereocenters. The average Bonchev–Trinajstić information content (AvgIpc) is 2.60. The van der Waals surface area contributed by atoms with E-state index in [0.717, 1.165) is 0 Å². The van der Waals surface area contributed by atoms with Gasteiger partial charge in [0.05, 0.1) is 18.2 Å². The van der Waals surface area contributed by atoms with Crippen molar-refractivity contribution in [3.8, 4) is 0 Å². The van der Waals surface area contributed by atoms with E-state index < -0.39 is 18.0 Å². The van der Waals surface area contributed by atoms with E-state index in [2.05, 4.69) is 4.74 Å². The Bertz CT molecular complexity index is 767. The zero-order valence-corrected chi connectivity index (χ0v) is 13.9. The minimum absolute atomic E-state index is 0.0418. The maximum Gasteiger partial charge on any atom is 0.339 e. The van der Waals surface area contributed by atoms with Crippen molar-refractivity contribution in [2.45, 2.75) is 13.0 Å². The molecule has 0 amide bonds. The largest absolute Gasteiger partial charge is 0.465 e. The number of halogens is 1. The van der Waals surface area contributed by atoms with Crippen molar-refractivity contribution in [3.63, 3.8) is 0 Å². The van der Waals surface area contributed by atoms with Crippen LogP contribution >= 0.6 is 11.6 Å². The summed E-state index contributed by atoms with van der Waals surface area (Å²) in [5.41, 5.74) is 0.497. The maximum atomic E-state index is 12.3. The van der Waals surface area contributed by atoms with Gasteiger partial charge >= 0.3 is 11.9 Å². The molecular weight excluding hydrogens is 332 g/mol. The fourth-order valence-corrected chi connectivity index (χ4v) is 2.20. The summed E-state index contributed by atoms with van der Waals surface area (Å²) in [7, 11) is 1.22. The number of esters is 2. The molecule has 0 aliphatic carbocycles. The first kappa shape index (κ1) is 17.7. The highest BCUT2D eigenvalue weighted by atomic mass is 35.5. The van der Waals surface area contributed by atoms with Crippen LogP contribution in [0.2, 0.25) is 5.02 Å². The maximum absolute atomic E-state index is 12.3. The van der Waals surface area contributed by atoms with E-state index >= 15 is 0 Å². The molecule has 1 atom stereocenters. The molecule has 24 heavy (non-hydrogen) atoms. The van der Waals surface area contributed by atoms with E-state index in [1.54, 1.807) is 36.4 Å². The minimum Gasteiger partial charge on any atom is -0.465 e. The van der Waals surface area contributed by atoms with Crippen molar-refractivity contribution < 1.29 is 23.9 Å². The second-order valence-corrected chi connectivity index (χ2v) is 5.39. The van der Waals surface area contributed by atoms with Crippen molar-refractivity contribution in [1.82, 2.24) is 0 Å². The number of hydrogen-bond acceptors (Lipinski definition) is 5. The summed E-state index contributed by atoms with van der Waals surface area (Å²) in [6, 6.07) is 12.3. The molecule has 0 saturated carbocycles. The minimum atomic E-state index is -1.01. The van der Waals surface area contributed by atoms with Gasteiger partial charge in [-0.1, -0.05) is 23.7 Å². The van der Waals surface area contributed by atoms with Gasteiger partial charge in [0.2, 0.25) is 5.78 Å². The standard InChI is InChI=1S/C18H15ClO5/c1-11(16(20)12-7-9-13(19)10-8-12)24-18(22)15-6-4-3-5-14(15)17(21)23-2/h3-11H,1-2H3. The van der Waals surface area contributed by atoms with Crippen LogP contribution < -0.4 is 0 Å². The van der Waals surface area contributed by atoms with E-state index in [4.69, 9.17) is 16.3 Å². The van der Waals surface area contributed by atoms with Gasteiger partial charge in [-0.15, -0.1) is 0 Å². The number of hydrogen-bond donors (Lipinski definition) is 0. The second kappa shape index (κ2) is 7.75. The summed E-state index contributed by atoms with van der Waals surface area (Å²) in [5.74, 6) is -1.79. The number of ether oxygens (including phenoxy) is 2. The van der Waals surface area contributed by atoms with Gasteiger partial charge in [0.15, 0.2) is 6.10 Å². The molecule has 0 aliphatic heterocycles. The number of methoxy groups -OCH3 is 1. The monoisotopic (exact) mass is 346 g/mol. The Morgan fingerprint density at radius 1 is 0.917 bits per heavy atom. The molecule has 0 bridgehead atoms. The Morgan fingerprint density at radius 3 is 2.00 bits per heavy atom. The van der Waals surface area contributed by atoms with Gasteiger partial charge in [-0.05, 0) is 43.3 Å². The molecule has 0 spiro atoms. The molecule has 0 radical (unpaired) electrons. The number of ketones is 1. The van der Waals surface area contributed by atoms with Crippen molar-refractivity contribution in [1.29, 1.82) is 0 Å². The first-order valence-electron chi connectivity index (χ1n) is 7.12. The number of carbonyl (C=O) groups excluding carboxylic acids is 3. The first-order chi connectivity index (χ1) is 11.4. The molecule has 0 aromatic heterocycles. The number of carbonyl (C=O) groups is 3. The van der Waals surface area contributed by atoms with Crippen molar-refractivity contribution in [3.05, 3.63) is 70.2 Å². The van der Waals surface area contributed by atoms with Crippen LogP contribution in [0.15, 0.2) is 48.5 Å². The Balaban J connectivity index is 2.16. The summed E-state index contributed by atoms with van der Waals surface area (Å²) in [4.78, 5) is 36.3. The van der Waals surface area contributed by atoms with E-state index in [0.29, 0.717) is 10.6 Å². The molecule has 0 aliphatic rings. The molecule has 2 aromatic carbocycles. The third-order valence-corrected chi connectivity index (χ3v) is 3.59. The predicted molar refractivity (Wildman–Crippen MR) is 88.4 cm³/mol. The molecule has 2 rings (SSSR count). The third kappa shape index (κ3) is 4.00. The van der Waals surface area contributed by atoms with Gasteiger partial charge in [0.1, 0.15) is 0 Å². The van der Waals surface area contributed by atoms with Gasteiger partial charge in [0.25, 0.3) is 0 Å². The molecule has 6 heteroatoms. The van der Waals surface area contributed by atoms with Crippen molar-refractivity contribution in [2.24, 2.45) is 0 Å². The SMILES string of the molecule is COC(=O)c1ccccc1C(=O)OC(C)C(=O)c1ccc(Cl)cc1. The summed E-state index contributed by atoms with van der Waals surface area (Å²) in [6.45, 7) is 1.47. The Morgan fingerprint density at radius 2 is 1.46 bits per heavy atom. The van der Waals surface area contributed by atoms with Crippen molar-refractivity contribution >= 4 is 29.3 Å². The van der Waals surface area contributed by atoms with Gasteiger partial charge in [0, 0.05) is 10.6 Å². The van der Waals surface area contributed by atoms with Crippen LogP contribution in [0.5, 0.6) is 0 Å². The molecule has 0 N–H and O–H groups in total. The van der Waals surface area contributed by atoms with Crippen LogP contribution in [0.1, 0.15) is 38.0 Å². The van der Waals surface area contributed by atoms with Crippen LogP contribution in [-0.4, -0.2) is 30.9 Å².